The van der Waals surface area contributed by atoms with E-state index in [9.17, 15) is 22.8 Å². The number of aromatic nitrogens is 1. The van der Waals surface area contributed by atoms with Crippen LogP contribution in [0, 0.1) is 13.8 Å². The van der Waals surface area contributed by atoms with Crippen LogP contribution in [0.4, 0.5) is 18.9 Å². The number of alkyl halides is 3. The van der Waals surface area contributed by atoms with E-state index in [4.69, 9.17) is 18.7 Å². The molecule has 1 aromatic heterocycles. The van der Waals surface area contributed by atoms with Crippen LogP contribution >= 0.6 is 0 Å². The fourth-order valence-electron chi connectivity index (χ4n) is 2.45. The van der Waals surface area contributed by atoms with Crippen molar-refractivity contribution in [2.75, 3.05) is 32.2 Å². The number of esters is 1. The number of anilines is 1. The van der Waals surface area contributed by atoms with Crippen LogP contribution in [0.3, 0.4) is 0 Å². The summed E-state index contributed by atoms with van der Waals surface area (Å²) in [6.45, 7) is 2.87. The molecule has 0 radical (unpaired) electrons. The molecule has 8 nitrogen and oxygen atoms in total. The topological polar surface area (TPSA) is 99.9 Å². The van der Waals surface area contributed by atoms with Crippen LogP contribution in [0.25, 0.3) is 0 Å². The summed E-state index contributed by atoms with van der Waals surface area (Å²) in [5.41, 5.74) is -0.0946. The van der Waals surface area contributed by atoms with Crippen molar-refractivity contribution in [3.63, 3.8) is 0 Å². The van der Waals surface area contributed by atoms with Gasteiger partial charge < -0.3 is 24.1 Å². The van der Waals surface area contributed by atoms with Gasteiger partial charge in [0.15, 0.2) is 6.61 Å². The zero-order chi connectivity index (χ0) is 22.3. The number of carbonyl (C=O) groups is 2. The number of halogens is 3. The minimum Gasteiger partial charge on any atom is -0.489 e. The molecule has 164 valence electrons. The van der Waals surface area contributed by atoms with E-state index < -0.39 is 30.2 Å². The van der Waals surface area contributed by atoms with Crippen LogP contribution in [-0.2, 0) is 31.7 Å². The summed E-state index contributed by atoms with van der Waals surface area (Å²) in [6.07, 6.45) is -4.76. The zero-order valence-electron chi connectivity index (χ0n) is 16.6. The highest BCUT2D eigenvalue weighted by Gasteiger charge is 2.31. The number of hydrogen-bond donors (Lipinski definition) is 1. The predicted molar refractivity (Wildman–Crippen MR) is 98.1 cm³/mol. The molecular formula is C19H21F3N2O6. The number of methoxy groups -OCH3 is 1. The summed E-state index contributed by atoms with van der Waals surface area (Å²) in [7, 11) is 1.44. The number of carbonyl (C=O) groups excluding carboxylic acids is 2. The molecule has 0 aliphatic heterocycles. The molecule has 1 N–H and O–H groups in total. The van der Waals surface area contributed by atoms with Gasteiger partial charge in [-0.05, 0) is 32.0 Å². The molecule has 1 aromatic carbocycles. The van der Waals surface area contributed by atoms with Crippen LogP contribution in [-0.4, -0.2) is 44.0 Å². The van der Waals surface area contributed by atoms with E-state index in [1.54, 1.807) is 13.8 Å². The molecule has 0 saturated carbocycles. The Labute approximate surface area is 170 Å². The third-order valence-electron chi connectivity index (χ3n) is 3.99. The lowest BCUT2D eigenvalue weighted by atomic mass is 10.1. The Hall–Kier alpha value is -3.08. The van der Waals surface area contributed by atoms with Crippen LogP contribution in [0.5, 0.6) is 5.75 Å². The fourth-order valence-corrected chi connectivity index (χ4v) is 2.45. The maximum absolute atomic E-state index is 13.0. The quantitative estimate of drug-likeness (QED) is 0.482. The lowest BCUT2D eigenvalue weighted by molar-refractivity contribution is -0.146. The maximum Gasteiger partial charge on any atom is 0.416 e. The predicted octanol–water partition coefficient (Wildman–Crippen LogP) is 3.06. The second-order valence-electron chi connectivity index (χ2n) is 6.24. The van der Waals surface area contributed by atoms with Gasteiger partial charge in [-0.25, -0.2) is 0 Å². The van der Waals surface area contributed by atoms with Crippen LogP contribution in [0.2, 0.25) is 0 Å². The van der Waals surface area contributed by atoms with Gasteiger partial charge in [-0.3, -0.25) is 9.59 Å². The second kappa shape index (κ2) is 10.1. The van der Waals surface area contributed by atoms with E-state index >= 15 is 0 Å². The molecule has 30 heavy (non-hydrogen) atoms. The van der Waals surface area contributed by atoms with Gasteiger partial charge in [0, 0.05) is 12.7 Å². The number of ether oxygens (including phenoxy) is 3. The zero-order valence-corrected chi connectivity index (χ0v) is 16.6. The monoisotopic (exact) mass is 430 g/mol. The molecule has 2 aromatic rings. The highest BCUT2D eigenvalue weighted by Crippen LogP contribution is 2.35. The molecule has 0 fully saturated rings. The largest absolute Gasteiger partial charge is 0.489 e. The molecule has 0 aliphatic rings. The van der Waals surface area contributed by atoms with Crippen molar-refractivity contribution in [2.45, 2.75) is 26.4 Å². The Balaban J connectivity index is 2.02. The van der Waals surface area contributed by atoms with Gasteiger partial charge in [-0.2, -0.15) is 13.2 Å². The second-order valence-corrected chi connectivity index (χ2v) is 6.24. The number of nitrogens with zero attached hydrogens (tertiary/aromatic N) is 1. The van der Waals surface area contributed by atoms with Gasteiger partial charge in [0.1, 0.15) is 18.1 Å². The molecule has 11 heteroatoms. The molecule has 1 amide bonds. The lowest BCUT2D eigenvalue weighted by Crippen LogP contribution is -2.22. The van der Waals surface area contributed by atoms with Crippen LogP contribution < -0.4 is 10.1 Å². The molecule has 0 unspecified atom stereocenters. The number of hydrogen-bond acceptors (Lipinski definition) is 7. The number of amides is 1. The van der Waals surface area contributed by atoms with Crippen molar-refractivity contribution < 1.29 is 41.5 Å². The highest BCUT2D eigenvalue weighted by atomic mass is 19.4. The van der Waals surface area contributed by atoms with Gasteiger partial charge in [0.25, 0.3) is 5.91 Å². The van der Waals surface area contributed by atoms with Crippen LogP contribution in [0.1, 0.15) is 22.6 Å². The smallest absolute Gasteiger partial charge is 0.416 e. The van der Waals surface area contributed by atoms with Crippen molar-refractivity contribution in [1.82, 2.24) is 5.16 Å². The Morgan fingerprint density at radius 2 is 1.93 bits per heavy atom. The molecule has 0 saturated heterocycles. The molecule has 0 bridgehead atoms. The summed E-state index contributed by atoms with van der Waals surface area (Å²) in [6, 6.07) is 2.67. The number of rotatable bonds is 9. The van der Waals surface area contributed by atoms with E-state index in [0.29, 0.717) is 17.0 Å². The minimum absolute atomic E-state index is 0.0236. The molecule has 0 atom stereocenters. The highest BCUT2D eigenvalue weighted by molar-refractivity contribution is 5.94. The van der Waals surface area contributed by atoms with Gasteiger partial charge in [0.2, 0.25) is 0 Å². The van der Waals surface area contributed by atoms with E-state index in [1.165, 1.54) is 7.11 Å². The first-order chi connectivity index (χ1) is 14.1. The molecule has 0 aliphatic carbocycles. The fraction of sp³-hybridized carbons (Fsp3) is 0.421. The third-order valence-corrected chi connectivity index (χ3v) is 3.99. The molecule has 0 spiro atoms. The van der Waals surface area contributed by atoms with Gasteiger partial charge in [0.05, 0.1) is 30.0 Å². The summed E-state index contributed by atoms with van der Waals surface area (Å²) < 4.78 is 59.0. The van der Waals surface area contributed by atoms with Crippen molar-refractivity contribution in [1.29, 1.82) is 0 Å². The van der Waals surface area contributed by atoms with Gasteiger partial charge in [-0.15, -0.1) is 0 Å². The first-order valence-electron chi connectivity index (χ1n) is 8.82. The number of benzene rings is 1. The Morgan fingerprint density at radius 1 is 1.20 bits per heavy atom. The number of aryl methyl sites for hydroxylation is 2. The van der Waals surface area contributed by atoms with Crippen molar-refractivity contribution >= 4 is 17.6 Å². The first kappa shape index (κ1) is 23.2. The standard InChI is InChI=1S/C19H21F3N2O6/c1-11-14(12(2)30-24-11)9-18(26)29-10-17(25)23-15-8-13(19(20,21)22)4-5-16(15)28-7-6-27-3/h4-5,8H,6-7,9-10H2,1-3H3,(H,23,25). The number of nitrogens with one attached hydrogen (secondary N) is 1. The van der Waals surface area contributed by atoms with Gasteiger partial charge >= 0.3 is 12.1 Å². The molecule has 2 rings (SSSR count). The Bertz CT molecular complexity index is 875. The van der Waals surface area contributed by atoms with Crippen molar-refractivity contribution in [2.24, 2.45) is 0 Å². The SMILES string of the molecule is COCCOc1ccc(C(F)(F)F)cc1NC(=O)COC(=O)Cc1c(C)noc1C. The first-order valence-corrected chi connectivity index (χ1v) is 8.82. The van der Waals surface area contributed by atoms with E-state index in [2.05, 4.69) is 10.5 Å². The Morgan fingerprint density at radius 3 is 2.53 bits per heavy atom. The van der Waals surface area contributed by atoms with E-state index in [0.717, 1.165) is 18.2 Å². The van der Waals surface area contributed by atoms with E-state index in [-0.39, 0.29) is 31.1 Å². The minimum atomic E-state index is -4.61. The summed E-state index contributed by atoms with van der Waals surface area (Å²) in [4.78, 5) is 24.1. The average Bonchev–Trinajstić information content (AvgIpc) is 2.99. The summed E-state index contributed by atoms with van der Waals surface area (Å²) in [5.74, 6) is -1.05. The summed E-state index contributed by atoms with van der Waals surface area (Å²) in [5, 5.41) is 5.99. The Kier molecular flexibility index (Phi) is 7.81. The molecule has 1 heterocycles. The lowest BCUT2D eigenvalue weighted by Gasteiger charge is -2.15. The molecular weight excluding hydrogens is 409 g/mol. The maximum atomic E-state index is 13.0. The normalized spacial score (nSPS) is 11.3. The third kappa shape index (κ3) is 6.48. The summed E-state index contributed by atoms with van der Waals surface area (Å²) >= 11 is 0. The van der Waals surface area contributed by atoms with Gasteiger partial charge in [-0.1, -0.05) is 5.16 Å². The van der Waals surface area contributed by atoms with Crippen LogP contribution in [0.15, 0.2) is 22.7 Å². The van der Waals surface area contributed by atoms with Crippen molar-refractivity contribution in [3.8, 4) is 5.75 Å². The van der Waals surface area contributed by atoms with E-state index in [1.807, 2.05) is 0 Å². The average molecular weight is 430 g/mol. The van der Waals surface area contributed by atoms with Crippen molar-refractivity contribution in [3.05, 3.63) is 40.8 Å².